The lowest BCUT2D eigenvalue weighted by molar-refractivity contribution is 0.100. The van der Waals surface area contributed by atoms with E-state index in [1.807, 2.05) is 18.2 Å². The molecule has 21 heavy (non-hydrogen) atoms. The quantitative estimate of drug-likeness (QED) is 0.800. The fourth-order valence-electron chi connectivity index (χ4n) is 2.16. The summed E-state index contributed by atoms with van der Waals surface area (Å²) in [4.78, 5) is 15.7. The molecule has 0 atom stereocenters. The Hall–Kier alpha value is -2.59. The zero-order valence-corrected chi connectivity index (χ0v) is 11.7. The number of hydrogen-bond acceptors (Lipinski definition) is 3. The van der Waals surface area contributed by atoms with Crippen LogP contribution in [0.25, 0.3) is 22.6 Å². The van der Waals surface area contributed by atoms with Crippen LogP contribution in [0.3, 0.4) is 0 Å². The third-order valence-electron chi connectivity index (χ3n) is 3.13. The summed E-state index contributed by atoms with van der Waals surface area (Å²) in [6.07, 6.45) is 3.07. The maximum Gasteiger partial charge on any atom is 0.249 e. The van der Waals surface area contributed by atoms with Gasteiger partial charge in [-0.25, -0.2) is 4.98 Å². The van der Waals surface area contributed by atoms with E-state index >= 15 is 0 Å². The Balaban J connectivity index is 2.19. The number of amides is 1. The van der Waals surface area contributed by atoms with E-state index < -0.39 is 5.91 Å². The molecule has 2 aromatic carbocycles. The normalized spacial score (nSPS) is 10.5. The number of nitrogens with zero attached hydrogens (tertiary/aromatic N) is 1. The summed E-state index contributed by atoms with van der Waals surface area (Å²) in [5, 5.41) is 0.527. The van der Waals surface area contributed by atoms with Crippen molar-refractivity contribution in [3.8, 4) is 22.6 Å². The second-order valence-electron chi connectivity index (χ2n) is 4.44. The van der Waals surface area contributed by atoms with Crippen LogP contribution in [0, 0.1) is 0 Å². The van der Waals surface area contributed by atoms with Crippen LogP contribution in [0.1, 0.15) is 10.4 Å². The van der Waals surface area contributed by atoms with Crippen LogP contribution in [0.5, 0.6) is 0 Å². The number of carbonyl (C=O) groups is 1. The molecule has 4 nitrogen and oxygen atoms in total. The van der Waals surface area contributed by atoms with Crippen LogP contribution in [0.2, 0.25) is 5.02 Å². The third-order valence-corrected chi connectivity index (χ3v) is 3.46. The van der Waals surface area contributed by atoms with Crippen LogP contribution in [-0.2, 0) is 0 Å². The fraction of sp³-hybridized carbons (Fsp3) is 0. The highest BCUT2D eigenvalue weighted by Crippen LogP contribution is 2.33. The van der Waals surface area contributed by atoms with Crippen molar-refractivity contribution in [1.82, 2.24) is 4.98 Å². The molecular formula is C16H11ClN2O2. The topological polar surface area (TPSA) is 69.1 Å². The zero-order valence-electron chi connectivity index (χ0n) is 10.9. The number of primary amides is 1. The van der Waals surface area contributed by atoms with E-state index in [4.69, 9.17) is 21.8 Å². The third kappa shape index (κ3) is 2.53. The van der Waals surface area contributed by atoms with Gasteiger partial charge in [-0.1, -0.05) is 29.8 Å². The second-order valence-corrected chi connectivity index (χ2v) is 4.85. The van der Waals surface area contributed by atoms with Gasteiger partial charge < -0.3 is 10.2 Å². The van der Waals surface area contributed by atoms with Gasteiger partial charge in [0.15, 0.2) is 0 Å². The SMILES string of the molecule is NC(=O)c1ccccc1-c1cc(-c2ncco2)ccc1Cl. The maximum atomic E-state index is 11.6. The van der Waals surface area contributed by atoms with E-state index in [0.29, 0.717) is 27.6 Å². The van der Waals surface area contributed by atoms with Crippen LogP contribution in [0.15, 0.2) is 59.3 Å². The van der Waals surface area contributed by atoms with E-state index in [9.17, 15) is 4.79 Å². The molecule has 3 aromatic rings. The van der Waals surface area contributed by atoms with Crippen molar-refractivity contribution in [2.45, 2.75) is 0 Å². The molecule has 104 valence electrons. The number of benzene rings is 2. The largest absolute Gasteiger partial charge is 0.445 e. The minimum Gasteiger partial charge on any atom is -0.445 e. The van der Waals surface area contributed by atoms with Crippen molar-refractivity contribution in [2.75, 3.05) is 0 Å². The minimum atomic E-state index is -0.497. The van der Waals surface area contributed by atoms with Gasteiger partial charge in [0.25, 0.3) is 0 Å². The number of oxazole rings is 1. The van der Waals surface area contributed by atoms with Gasteiger partial charge in [-0.15, -0.1) is 0 Å². The van der Waals surface area contributed by atoms with E-state index in [0.717, 1.165) is 5.56 Å². The first-order valence-electron chi connectivity index (χ1n) is 6.25. The summed E-state index contributed by atoms with van der Waals surface area (Å²) in [6.45, 7) is 0. The summed E-state index contributed by atoms with van der Waals surface area (Å²) in [5.41, 5.74) is 8.01. The smallest absolute Gasteiger partial charge is 0.249 e. The van der Waals surface area contributed by atoms with E-state index in [1.54, 1.807) is 30.5 Å². The molecule has 0 radical (unpaired) electrons. The highest BCUT2D eigenvalue weighted by molar-refractivity contribution is 6.33. The second kappa shape index (κ2) is 5.42. The predicted octanol–water partition coefficient (Wildman–Crippen LogP) is 3.76. The molecule has 0 fully saturated rings. The Labute approximate surface area is 126 Å². The molecule has 2 N–H and O–H groups in total. The number of hydrogen-bond donors (Lipinski definition) is 1. The minimum absolute atomic E-state index is 0.420. The first-order valence-corrected chi connectivity index (χ1v) is 6.63. The lowest BCUT2D eigenvalue weighted by Gasteiger charge is -2.10. The summed E-state index contributed by atoms with van der Waals surface area (Å²) in [7, 11) is 0. The Morgan fingerprint density at radius 2 is 1.95 bits per heavy atom. The number of halogens is 1. The summed E-state index contributed by atoms with van der Waals surface area (Å²) < 4.78 is 5.28. The lowest BCUT2D eigenvalue weighted by Crippen LogP contribution is -2.12. The highest BCUT2D eigenvalue weighted by Gasteiger charge is 2.14. The van der Waals surface area contributed by atoms with Gasteiger partial charge in [0, 0.05) is 21.7 Å². The van der Waals surface area contributed by atoms with Crippen molar-refractivity contribution >= 4 is 17.5 Å². The number of aromatic nitrogens is 1. The molecule has 0 aliphatic heterocycles. The van der Waals surface area contributed by atoms with Crippen LogP contribution < -0.4 is 5.73 Å². The highest BCUT2D eigenvalue weighted by atomic mass is 35.5. The summed E-state index contributed by atoms with van der Waals surface area (Å²) in [5.74, 6) is -0.00679. The van der Waals surface area contributed by atoms with Crippen LogP contribution in [0.4, 0.5) is 0 Å². The average Bonchev–Trinajstić information content (AvgIpc) is 3.02. The van der Waals surface area contributed by atoms with Crippen molar-refractivity contribution in [3.63, 3.8) is 0 Å². The summed E-state index contributed by atoms with van der Waals surface area (Å²) >= 11 is 6.27. The van der Waals surface area contributed by atoms with Gasteiger partial charge in [-0.3, -0.25) is 4.79 Å². The maximum absolute atomic E-state index is 11.6. The van der Waals surface area contributed by atoms with Gasteiger partial charge >= 0.3 is 0 Å². The molecule has 3 rings (SSSR count). The Kier molecular flexibility index (Phi) is 3.46. The van der Waals surface area contributed by atoms with Gasteiger partial charge in [0.05, 0.1) is 6.20 Å². The molecule has 1 heterocycles. The monoisotopic (exact) mass is 298 g/mol. The molecule has 0 spiro atoms. The molecule has 0 aliphatic rings. The number of carbonyl (C=O) groups excluding carboxylic acids is 1. The Morgan fingerprint density at radius 3 is 2.67 bits per heavy atom. The van der Waals surface area contributed by atoms with Crippen LogP contribution in [-0.4, -0.2) is 10.9 Å². The summed E-state index contributed by atoms with van der Waals surface area (Å²) in [6, 6.07) is 12.5. The standard InChI is InChI=1S/C16H11ClN2O2/c17-14-6-5-10(16-19-7-8-21-16)9-13(14)11-3-1-2-4-12(11)15(18)20/h1-9H,(H2,18,20). The first-order chi connectivity index (χ1) is 10.2. The van der Waals surface area contributed by atoms with Gasteiger partial charge in [0.2, 0.25) is 11.8 Å². The van der Waals surface area contributed by atoms with E-state index in [2.05, 4.69) is 4.98 Å². The molecule has 1 amide bonds. The Morgan fingerprint density at radius 1 is 1.14 bits per heavy atom. The van der Waals surface area contributed by atoms with E-state index in [-0.39, 0.29) is 0 Å². The van der Waals surface area contributed by atoms with Crippen molar-refractivity contribution in [2.24, 2.45) is 5.73 Å². The van der Waals surface area contributed by atoms with Gasteiger partial charge in [-0.2, -0.15) is 0 Å². The van der Waals surface area contributed by atoms with Crippen molar-refractivity contribution in [1.29, 1.82) is 0 Å². The van der Waals surface area contributed by atoms with Crippen molar-refractivity contribution < 1.29 is 9.21 Å². The van der Waals surface area contributed by atoms with E-state index in [1.165, 1.54) is 6.26 Å². The number of rotatable bonds is 3. The van der Waals surface area contributed by atoms with Gasteiger partial charge in [0.1, 0.15) is 6.26 Å². The molecule has 0 saturated heterocycles. The van der Waals surface area contributed by atoms with Crippen molar-refractivity contribution in [3.05, 3.63) is 65.5 Å². The number of nitrogens with two attached hydrogens (primary N) is 1. The molecular weight excluding hydrogens is 288 g/mol. The Bertz CT molecular complexity index is 798. The predicted molar refractivity (Wildman–Crippen MR) is 80.9 cm³/mol. The average molecular weight is 299 g/mol. The lowest BCUT2D eigenvalue weighted by atomic mass is 9.97. The molecule has 0 aliphatic carbocycles. The van der Waals surface area contributed by atoms with Crippen LogP contribution >= 0.6 is 11.6 Å². The molecule has 5 heteroatoms. The van der Waals surface area contributed by atoms with Gasteiger partial charge in [-0.05, 0) is 29.8 Å². The first kappa shape index (κ1) is 13.4. The molecule has 0 saturated carbocycles. The molecule has 0 unspecified atom stereocenters. The zero-order chi connectivity index (χ0) is 14.8. The molecule has 1 aromatic heterocycles. The fourth-order valence-corrected chi connectivity index (χ4v) is 2.38. The molecule has 0 bridgehead atoms.